The highest BCUT2D eigenvalue weighted by molar-refractivity contribution is 7.96. The van der Waals surface area contributed by atoms with Crippen LogP contribution >= 0.6 is 11.9 Å². The van der Waals surface area contributed by atoms with Gasteiger partial charge in [0.25, 0.3) is 0 Å². The van der Waals surface area contributed by atoms with Gasteiger partial charge in [-0.15, -0.1) is 0 Å². The first-order valence-corrected chi connectivity index (χ1v) is 5.68. The highest BCUT2D eigenvalue weighted by Gasteiger charge is 2.17. The van der Waals surface area contributed by atoms with Gasteiger partial charge in [-0.3, -0.25) is 0 Å². The van der Waals surface area contributed by atoms with Crippen molar-refractivity contribution in [2.75, 3.05) is 32.5 Å². The van der Waals surface area contributed by atoms with E-state index < -0.39 is 0 Å². The van der Waals surface area contributed by atoms with E-state index in [0.717, 1.165) is 13.1 Å². The van der Waals surface area contributed by atoms with E-state index in [-0.39, 0.29) is 6.61 Å². The second kappa shape index (κ2) is 5.80. The predicted octanol–water partition coefficient (Wildman–Crippen LogP) is 0.311. The molecule has 12 heavy (non-hydrogen) atoms. The quantitative estimate of drug-likeness (QED) is 0.626. The molecule has 1 fully saturated rings. The third kappa shape index (κ3) is 3.31. The number of rotatable bonds is 4. The summed E-state index contributed by atoms with van der Waals surface area (Å²) >= 11 is 1.81. The summed E-state index contributed by atoms with van der Waals surface area (Å²) in [7, 11) is 0. The monoisotopic (exact) mass is 190 g/mol. The number of aliphatic hydroxyl groups excluding tert-OH is 1. The van der Waals surface area contributed by atoms with Crippen LogP contribution in [0.2, 0.25) is 0 Å². The van der Waals surface area contributed by atoms with Gasteiger partial charge in [0, 0.05) is 25.7 Å². The van der Waals surface area contributed by atoms with E-state index in [1.165, 1.54) is 19.4 Å². The van der Waals surface area contributed by atoms with Crippen molar-refractivity contribution in [1.29, 1.82) is 0 Å². The molecule has 4 heteroatoms. The largest absolute Gasteiger partial charge is 0.395 e. The topological polar surface area (TPSA) is 35.5 Å². The van der Waals surface area contributed by atoms with Crippen LogP contribution in [0.4, 0.5) is 0 Å². The molecule has 0 saturated carbocycles. The molecule has 0 spiro atoms. The number of piperidine rings is 1. The molecular weight excluding hydrogens is 172 g/mol. The van der Waals surface area contributed by atoms with Crippen molar-refractivity contribution in [1.82, 2.24) is 9.62 Å². The fourth-order valence-electron chi connectivity index (χ4n) is 1.54. The number of aliphatic hydroxyl groups is 1. The Bertz CT molecular complexity index is 124. The summed E-state index contributed by atoms with van der Waals surface area (Å²) in [4.78, 5) is 0. The summed E-state index contributed by atoms with van der Waals surface area (Å²) in [5.41, 5.74) is 0. The van der Waals surface area contributed by atoms with Gasteiger partial charge < -0.3 is 10.4 Å². The first-order valence-electron chi connectivity index (χ1n) is 4.50. The summed E-state index contributed by atoms with van der Waals surface area (Å²) in [6, 6.07) is 0.582. The second-order valence-electron chi connectivity index (χ2n) is 3.09. The summed E-state index contributed by atoms with van der Waals surface area (Å²) in [5.74, 6) is 0. The number of hydrogen-bond acceptors (Lipinski definition) is 4. The Kier molecular flexibility index (Phi) is 4.99. The van der Waals surface area contributed by atoms with Crippen molar-refractivity contribution in [2.45, 2.75) is 18.9 Å². The number of nitrogens with zero attached hydrogens (tertiary/aromatic N) is 1. The van der Waals surface area contributed by atoms with Crippen LogP contribution in [0.1, 0.15) is 12.8 Å². The molecular formula is C8H18N2OS. The minimum Gasteiger partial charge on any atom is -0.395 e. The van der Waals surface area contributed by atoms with Gasteiger partial charge in [-0.25, -0.2) is 4.31 Å². The maximum Gasteiger partial charge on any atom is 0.0556 e. The standard InChI is InChI=1S/C8H18N2OS/c1-12-10-5-2-3-8(7-10)9-4-6-11/h8-9,11H,2-7H2,1H3. The molecule has 1 saturated heterocycles. The molecule has 1 rings (SSSR count). The van der Waals surface area contributed by atoms with Gasteiger partial charge >= 0.3 is 0 Å². The molecule has 0 aromatic carbocycles. The molecule has 0 bridgehead atoms. The normalized spacial score (nSPS) is 26.0. The molecule has 1 atom stereocenters. The van der Waals surface area contributed by atoms with Crippen LogP contribution in [0.5, 0.6) is 0 Å². The maximum absolute atomic E-state index is 8.64. The smallest absolute Gasteiger partial charge is 0.0556 e. The van der Waals surface area contributed by atoms with Crippen molar-refractivity contribution >= 4 is 11.9 Å². The Balaban J connectivity index is 2.16. The molecule has 1 aliphatic heterocycles. The fraction of sp³-hybridized carbons (Fsp3) is 1.00. The van der Waals surface area contributed by atoms with E-state index >= 15 is 0 Å². The molecule has 0 aliphatic carbocycles. The van der Waals surface area contributed by atoms with E-state index in [1.54, 1.807) is 0 Å². The molecule has 0 aromatic heterocycles. The molecule has 72 valence electrons. The first-order chi connectivity index (χ1) is 5.86. The van der Waals surface area contributed by atoms with Crippen LogP contribution < -0.4 is 5.32 Å². The third-order valence-electron chi connectivity index (χ3n) is 2.19. The Morgan fingerprint density at radius 2 is 2.50 bits per heavy atom. The molecule has 1 heterocycles. The van der Waals surface area contributed by atoms with Crippen molar-refractivity contribution in [3.8, 4) is 0 Å². The van der Waals surface area contributed by atoms with Gasteiger partial charge in [-0.2, -0.15) is 0 Å². The Morgan fingerprint density at radius 3 is 3.17 bits per heavy atom. The van der Waals surface area contributed by atoms with Crippen molar-refractivity contribution < 1.29 is 5.11 Å². The van der Waals surface area contributed by atoms with Gasteiger partial charge in [0.05, 0.1) is 6.61 Å². The zero-order valence-electron chi connectivity index (χ0n) is 7.62. The van der Waals surface area contributed by atoms with Crippen LogP contribution in [0.15, 0.2) is 0 Å². The van der Waals surface area contributed by atoms with E-state index in [0.29, 0.717) is 6.04 Å². The summed E-state index contributed by atoms with van der Waals surface area (Å²) < 4.78 is 2.37. The minimum atomic E-state index is 0.246. The molecule has 1 unspecified atom stereocenters. The van der Waals surface area contributed by atoms with Gasteiger partial charge in [0.15, 0.2) is 0 Å². The van der Waals surface area contributed by atoms with Gasteiger partial charge in [-0.05, 0) is 19.1 Å². The number of nitrogens with one attached hydrogen (secondary N) is 1. The number of hydrogen-bond donors (Lipinski definition) is 2. The average molecular weight is 190 g/mol. The highest BCUT2D eigenvalue weighted by atomic mass is 32.2. The van der Waals surface area contributed by atoms with Crippen LogP contribution in [0.25, 0.3) is 0 Å². The lowest BCUT2D eigenvalue weighted by Crippen LogP contribution is -2.43. The van der Waals surface area contributed by atoms with Crippen LogP contribution in [-0.2, 0) is 0 Å². The molecule has 3 nitrogen and oxygen atoms in total. The lowest BCUT2D eigenvalue weighted by atomic mass is 10.1. The lowest BCUT2D eigenvalue weighted by Gasteiger charge is -2.31. The van der Waals surface area contributed by atoms with Gasteiger partial charge in [0.2, 0.25) is 0 Å². The fourth-order valence-corrected chi connectivity index (χ4v) is 2.18. The van der Waals surface area contributed by atoms with E-state index in [2.05, 4.69) is 15.9 Å². The zero-order valence-corrected chi connectivity index (χ0v) is 8.44. The van der Waals surface area contributed by atoms with Crippen LogP contribution in [0.3, 0.4) is 0 Å². The van der Waals surface area contributed by atoms with Gasteiger partial charge in [0.1, 0.15) is 0 Å². The van der Waals surface area contributed by atoms with Crippen molar-refractivity contribution in [3.63, 3.8) is 0 Å². The maximum atomic E-state index is 8.64. The third-order valence-corrected chi connectivity index (χ3v) is 3.04. The van der Waals surface area contributed by atoms with E-state index in [4.69, 9.17) is 5.11 Å². The summed E-state index contributed by atoms with van der Waals surface area (Å²) in [5, 5.41) is 12.0. The molecule has 2 N–H and O–H groups in total. The van der Waals surface area contributed by atoms with Gasteiger partial charge in [-0.1, -0.05) is 11.9 Å². The molecule has 0 aromatic rings. The second-order valence-corrected chi connectivity index (χ2v) is 3.97. The van der Waals surface area contributed by atoms with Crippen molar-refractivity contribution in [3.05, 3.63) is 0 Å². The average Bonchev–Trinajstić information content (AvgIpc) is 2.15. The van der Waals surface area contributed by atoms with Crippen LogP contribution in [-0.4, -0.2) is 48.0 Å². The van der Waals surface area contributed by atoms with E-state index in [1.807, 2.05) is 11.9 Å². The molecule has 1 aliphatic rings. The predicted molar refractivity (Wildman–Crippen MR) is 53.2 cm³/mol. The highest BCUT2D eigenvalue weighted by Crippen LogP contribution is 2.15. The zero-order chi connectivity index (χ0) is 8.81. The molecule has 0 radical (unpaired) electrons. The summed E-state index contributed by atoms with van der Waals surface area (Å²) in [6.07, 6.45) is 4.63. The van der Waals surface area contributed by atoms with Crippen LogP contribution in [0, 0.1) is 0 Å². The molecule has 0 amide bonds. The first kappa shape index (κ1) is 10.3. The lowest BCUT2D eigenvalue weighted by molar-refractivity contribution is 0.256. The Hall–Kier alpha value is 0.230. The Labute approximate surface area is 78.7 Å². The van der Waals surface area contributed by atoms with Crippen molar-refractivity contribution in [2.24, 2.45) is 0 Å². The SMILES string of the molecule is CSN1CCCC(NCCO)C1. The summed E-state index contributed by atoms with van der Waals surface area (Å²) in [6.45, 7) is 3.29. The minimum absolute atomic E-state index is 0.246. The van der Waals surface area contributed by atoms with E-state index in [9.17, 15) is 0 Å². The Morgan fingerprint density at radius 1 is 1.67 bits per heavy atom.